The van der Waals surface area contributed by atoms with Crippen LogP contribution in [0, 0.1) is 0 Å². The quantitative estimate of drug-likeness (QED) is 0.153. The molecule has 1 rings (SSSR count). The normalized spacial score (nSPS) is 18.0. The van der Waals surface area contributed by atoms with Crippen LogP contribution in [-0.4, -0.2) is 83.1 Å². The number of hydrogen-bond acceptors (Lipinski definition) is 7. The van der Waals surface area contributed by atoms with Gasteiger partial charge < -0.3 is 36.5 Å². The summed E-state index contributed by atoms with van der Waals surface area (Å²) in [6.45, 7) is 3.74. The molecule has 1 heterocycles. The minimum absolute atomic E-state index is 0.264. The maximum atomic E-state index is 12.9. The summed E-state index contributed by atoms with van der Waals surface area (Å²) in [5, 5.41) is 16.2. The molecular weight excluding hydrogens is 434 g/mol. The average Bonchev–Trinajstić information content (AvgIpc) is 3.26. The van der Waals surface area contributed by atoms with E-state index in [-0.39, 0.29) is 12.8 Å². The maximum absolute atomic E-state index is 12.9. The molecule has 4 atom stereocenters. The van der Waals surface area contributed by atoms with Crippen LogP contribution in [0.5, 0.6) is 0 Å². The fourth-order valence-electron chi connectivity index (χ4n) is 3.51. The number of nitrogens with one attached hydrogen (secondary N) is 3. The third-order valence-electron chi connectivity index (χ3n) is 5.37. The molecule has 0 aliphatic carbocycles. The van der Waals surface area contributed by atoms with E-state index < -0.39 is 53.8 Å². The van der Waals surface area contributed by atoms with Gasteiger partial charge in [0.05, 0.1) is 12.5 Å². The van der Waals surface area contributed by atoms with Gasteiger partial charge in [-0.1, -0.05) is 0 Å². The fraction of sp³-hybridized carbons (Fsp3) is 0.714. The molecular formula is C21H35N5O7. The van der Waals surface area contributed by atoms with Crippen molar-refractivity contribution >= 4 is 35.9 Å². The van der Waals surface area contributed by atoms with Gasteiger partial charge >= 0.3 is 5.97 Å². The summed E-state index contributed by atoms with van der Waals surface area (Å²) in [5.41, 5.74) is 5.45. The van der Waals surface area contributed by atoms with Gasteiger partial charge in [0.25, 0.3) is 0 Å². The van der Waals surface area contributed by atoms with Crippen LogP contribution < -0.4 is 21.7 Å². The highest BCUT2D eigenvalue weighted by atomic mass is 16.4. The van der Waals surface area contributed by atoms with E-state index in [0.717, 1.165) is 6.42 Å². The van der Waals surface area contributed by atoms with Gasteiger partial charge in [-0.2, -0.15) is 0 Å². The lowest BCUT2D eigenvalue weighted by Gasteiger charge is -2.28. The van der Waals surface area contributed by atoms with Crippen LogP contribution in [0.3, 0.4) is 0 Å². The predicted octanol–water partition coefficient (Wildman–Crippen LogP) is -1.34. The lowest BCUT2D eigenvalue weighted by atomic mass is 10.1. The Morgan fingerprint density at radius 2 is 1.76 bits per heavy atom. The molecule has 1 fully saturated rings. The van der Waals surface area contributed by atoms with Gasteiger partial charge in [0, 0.05) is 13.0 Å². The standard InChI is InChI=1S/C21H35N5O7/c1-13(23-17(28)8-9-18(29)30)19(31)24-14(2)21(33)26-11-5-7-16(26)20(32)25-15(12-27)6-3-4-10-22/h12-16H,3-11,22H2,1-2H3,(H,23,28)(H,24,31)(H,25,32)(H,29,30)/t13-,14-,15-,16-/m0/s1. The second-order valence-electron chi connectivity index (χ2n) is 8.14. The summed E-state index contributed by atoms with van der Waals surface area (Å²) >= 11 is 0. The van der Waals surface area contributed by atoms with Crippen LogP contribution in [0.15, 0.2) is 0 Å². The molecule has 1 saturated heterocycles. The first kappa shape index (κ1) is 28.0. The maximum Gasteiger partial charge on any atom is 0.303 e. The van der Waals surface area contributed by atoms with Crippen molar-refractivity contribution in [2.24, 2.45) is 5.73 Å². The predicted molar refractivity (Wildman–Crippen MR) is 118 cm³/mol. The number of likely N-dealkylation sites (tertiary alicyclic amines) is 1. The van der Waals surface area contributed by atoms with Crippen molar-refractivity contribution in [2.45, 2.75) is 83.0 Å². The summed E-state index contributed by atoms with van der Waals surface area (Å²) in [5.74, 6) is -3.19. The number of rotatable bonds is 14. The van der Waals surface area contributed by atoms with E-state index in [2.05, 4.69) is 16.0 Å². The Morgan fingerprint density at radius 3 is 2.36 bits per heavy atom. The van der Waals surface area contributed by atoms with Gasteiger partial charge in [-0.25, -0.2) is 0 Å². The summed E-state index contributed by atoms with van der Waals surface area (Å²) in [6.07, 6.45) is 3.01. The highest BCUT2D eigenvalue weighted by Crippen LogP contribution is 2.19. The fourth-order valence-corrected chi connectivity index (χ4v) is 3.51. The van der Waals surface area contributed by atoms with E-state index in [4.69, 9.17) is 10.8 Å². The minimum Gasteiger partial charge on any atom is -0.481 e. The van der Waals surface area contributed by atoms with Crippen LogP contribution in [0.2, 0.25) is 0 Å². The Morgan fingerprint density at radius 1 is 1.06 bits per heavy atom. The van der Waals surface area contributed by atoms with E-state index in [9.17, 15) is 28.8 Å². The van der Waals surface area contributed by atoms with Crippen LogP contribution in [0.1, 0.15) is 58.8 Å². The lowest BCUT2D eigenvalue weighted by molar-refractivity contribution is -0.141. The van der Waals surface area contributed by atoms with E-state index in [1.807, 2.05) is 0 Å². The molecule has 1 aliphatic heterocycles. The van der Waals surface area contributed by atoms with Crippen molar-refractivity contribution in [1.82, 2.24) is 20.9 Å². The number of carboxylic acid groups (broad SMARTS) is 1. The Hall–Kier alpha value is -3.02. The lowest BCUT2D eigenvalue weighted by Crippen LogP contribution is -2.55. The van der Waals surface area contributed by atoms with Gasteiger partial charge in [0.15, 0.2) is 0 Å². The Kier molecular flexibility index (Phi) is 12.0. The molecule has 0 aromatic rings. The molecule has 4 amide bonds. The smallest absolute Gasteiger partial charge is 0.303 e. The third-order valence-corrected chi connectivity index (χ3v) is 5.37. The number of amides is 4. The average molecular weight is 470 g/mol. The van der Waals surface area contributed by atoms with Crippen molar-refractivity contribution in [2.75, 3.05) is 13.1 Å². The molecule has 0 bridgehead atoms. The minimum atomic E-state index is -1.12. The zero-order valence-corrected chi connectivity index (χ0v) is 19.2. The molecule has 0 aromatic carbocycles. The largest absolute Gasteiger partial charge is 0.481 e. The topological polar surface area (TPSA) is 188 Å². The van der Waals surface area contributed by atoms with Gasteiger partial charge in [-0.05, 0) is 52.5 Å². The number of hydrogen-bond donors (Lipinski definition) is 5. The molecule has 12 nitrogen and oxygen atoms in total. The monoisotopic (exact) mass is 469 g/mol. The Labute approximate surface area is 193 Å². The van der Waals surface area contributed by atoms with Crippen molar-refractivity contribution < 1.29 is 33.9 Å². The van der Waals surface area contributed by atoms with Crippen LogP contribution in [0.25, 0.3) is 0 Å². The molecule has 12 heteroatoms. The van der Waals surface area contributed by atoms with Gasteiger partial charge in [-0.3, -0.25) is 24.0 Å². The molecule has 0 unspecified atom stereocenters. The Balaban J connectivity index is 2.61. The number of aldehydes is 1. The van der Waals surface area contributed by atoms with Crippen LogP contribution in [-0.2, 0) is 28.8 Å². The van der Waals surface area contributed by atoms with E-state index in [0.29, 0.717) is 45.1 Å². The van der Waals surface area contributed by atoms with E-state index in [1.165, 1.54) is 18.7 Å². The first-order valence-corrected chi connectivity index (χ1v) is 11.2. The van der Waals surface area contributed by atoms with Crippen molar-refractivity contribution in [3.8, 4) is 0 Å². The summed E-state index contributed by atoms with van der Waals surface area (Å²) in [7, 11) is 0. The zero-order chi connectivity index (χ0) is 25.0. The third kappa shape index (κ3) is 9.56. The van der Waals surface area contributed by atoms with Crippen molar-refractivity contribution in [1.29, 1.82) is 0 Å². The molecule has 0 saturated carbocycles. The number of aliphatic carboxylic acids is 1. The van der Waals surface area contributed by atoms with Gasteiger partial charge in [-0.15, -0.1) is 0 Å². The number of nitrogens with two attached hydrogens (primary N) is 1. The highest BCUT2D eigenvalue weighted by molar-refractivity contribution is 5.94. The Bertz CT molecular complexity index is 730. The number of carbonyl (C=O) groups is 6. The van der Waals surface area contributed by atoms with Gasteiger partial charge in [0.1, 0.15) is 24.4 Å². The summed E-state index contributed by atoms with van der Waals surface area (Å²) in [6, 6.07) is -3.30. The number of carbonyl (C=O) groups excluding carboxylic acids is 5. The van der Waals surface area contributed by atoms with Crippen LogP contribution in [0.4, 0.5) is 0 Å². The van der Waals surface area contributed by atoms with Crippen molar-refractivity contribution in [3.63, 3.8) is 0 Å². The number of carboxylic acids is 1. The first-order valence-electron chi connectivity index (χ1n) is 11.2. The zero-order valence-electron chi connectivity index (χ0n) is 19.2. The second-order valence-corrected chi connectivity index (χ2v) is 8.14. The van der Waals surface area contributed by atoms with Gasteiger partial charge in [0.2, 0.25) is 23.6 Å². The number of nitrogens with zero attached hydrogens (tertiary/aromatic N) is 1. The molecule has 0 aromatic heterocycles. The van der Waals surface area contributed by atoms with E-state index in [1.54, 1.807) is 0 Å². The second kappa shape index (κ2) is 14.2. The van der Waals surface area contributed by atoms with E-state index >= 15 is 0 Å². The van der Waals surface area contributed by atoms with Crippen LogP contribution >= 0.6 is 0 Å². The number of unbranched alkanes of at least 4 members (excludes halogenated alkanes) is 1. The SMILES string of the molecule is C[C@H](NC(=O)CCC(=O)O)C(=O)N[C@@H](C)C(=O)N1CCC[C@H]1C(=O)N[C@H](C=O)CCCCN. The summed E-state index contributed by atoms with van der Waals surface area (Å²) in [4.78, 5) is 72.8. The summed E-state index contributed by atoms with van der Waals surface area (Å²) < 4.78 is 0. The molecule has 186 valence electrons. The molecule has 0 radical (unpaired) electrons. The highest BCUT2D eigenvalue weighted by Gasteiger charge is 2.37. The molecule has 6 N–H and O–H groups in total. The molecule has 1 aliphatic rings. The first-order chi connectivity index (χ1) is 15.6. The van der Waals surface area contributed by atoms with Crippen molar-refractivity contribution in [3.05, 3.63) is 0 Å². The molecule has 33 heavy (non-hydrogen) atoms. The molecule has 0 spiro atoms.